The highest BCUT2D eigenvalue weighted by Gasteiger charge is 2.13. The number of halogens is 1. The maximum atomic E-state index is 12.2. The molecule has 0 spiro atoms. The fourth-order valence-electron chi connectivity index (χ4n) is 1.81. The first-order valence-corrected chi connectivity index (χ1v) is 6.06. The first-order chi connectivity index (χ1) is 8.04. The second-order valence-electron chi connectivity index (χ2n) is 3.91. The Morgan fingerprint density at radius 2 is 1.76 bits per heavy atom. The number of hydrogen-bond donors (Lipinski definition) is 1. The van der Waals surface area contributed by atoms with Gasteiger partial charge in [-0.1, -0.05) is 18.2 Å². The van der Waals surface area contributed by atoms with E-state index in [9.17, 15) is 4.79 Å². The Hall–Kier alpha value is -1.55. The molecule has 0 aliphatic rings. The molecule has 2 rings (SSSR count). The van der Waals surface area contributed by atoms with Crippen molar-refractivity contribution in [2.45, 2.75) is 13.8 Å². The molecule has 0 bridgehead atoms. The summed E-state index contributed by atoms with van der Waals surface area (Å²) >= 11 is 3.47. The summed E-state index contributed by atoms with van der Waals surface area (Å²) in [5, 5.41) is 0. The van der Waals surface area contributed by atoms with Gasteiger partial charge in [-0.3, -0.25) is 9.36 Å². The molecule has 0 aliphatic heterocycles. The van der Waals surface area contributed by atoms with Crippen LogP contribution in [-0.4, -0.2) is 4.57 Å². The lowest BCUT2D eigenvalue weighted by Gasteiger charge is -2.15. The minimum Gasteiger partial charge on any atom is -0.394 e. The van der Waals surface area contributed by atoms with Gasteiger partial charge in [0.1, 0.15) is 5.69 Å². The van der Waals surface area contributed by atoms with Gasteiger partial charge in [0.05, 0.1) is 0 Å². The number of pyridine rings is 1. The average molecular weight is 293 g/mol. The molecule has 0 radical (unpaired) electrons. The summed E-state index contributed by atoms with van der Waals surface area (Å²) in [4.78, 5) is 12.2. The molecule has 4 heteroatoms. The molecule has 2 N–H and O–H groups in total. The van der Waals surface area contributed by atoms with E-state index in [2.05, 4.69) is 15.9 Å². The van der Waals surface area contributed by atoms with Crippen LogP contribution in [0.2, 0.25) is 0 Å². The highest BCUT2D eigenvalue weighted by Crippen LogP contribution is 2.24. The molecule has 88 valence electrons. The topological polar surface area (TPSA) is 48.0 Å². The normalized spacial score (nSPS) is 10.5. The van der Waals surface area contributed by atoms with E-state index in [4.69, 9.17) is 5.73 Å². The highest BCUT2D eigenvalue weighted by molar-refractivity contribution is 9.10. The van der Waals surface area contributed by atoms with Crippen LogP contribution >= 0.6 is 15.9 Å². The molecule has 1 heterocycles. The number of para-hydroxylation sites is 1. The van der Waals surface area contributed by atoms with Gasteiger partial charge in [0.2, 0.25) is 0 Å². The average Bonchev–Trinajstić information content (AvgIpc) is 2.36. The number of rotatable bonds is 1. The third-order valence-corrected chi connectivity index (χ3v) is 4.00. The number of nitrogens with zero attached hydrogens (tertiary/aromatic N) is 1. The first kappa shape index (κ1) is 11.9. The third kappa shape index (κ3) is 1.89. The van der Waals surface area contributed by atoms with Crippen LogP contribution < -0.4 is 11.3 Å². The zero-order valence-corrected chi connectivity index (χ0v) is 11.3. The zero-order chi connectivity index (χ0) is 12.6. The summed E-state index contributed by atoms with van der Waals surface area (Å²) in [7, 11) is 0. The van der Waals surface area contributed by atoms with Crippen molar-refractivity contribution in [2.75, 3.05) is 5.73 Å². The molecule has 1 aromatic carbocycles. The summed E-state index contributed by atoms with van der Waals surface area (Å²) in [6, 6.07) is 9.47. The summed E-state index contributed by atoms with van der Waals surface area (Å²) in [6.07, 6.45) is 0. The minimum absolute atomic E-state index is 0.172. The second-order valence-corrected chi connectivity index (χ2v) is 4.71. The van der Waals surface area contributed by atoms with E-state index in [0.717, 1.165) is 21.4 Å². The van der Waals surface area contributed by atoms with Gasteiger partial charge >= 0.3 is 0 Å². The van der Waals surface area contributed by atoms with Crippen LogP contribution in [0.1, 0.15) is 11.3 Å². The van der Waals surface area contributed by atoms with Gasteiger partial charge in [0, 0.05) is 15.9 Å². The van der Waals surface area contributed by atoms with E-state index < -0.39 is 0 Å². The largest absolute Gasteiger partial charge is 0.394 e. The number of benzene rings is 1. The van der Waals surface area contributed by atoms with Crippen LogP contribution in [0, 0.1) is 13.8 Å². The molecule has 17 heavy (non-hydrogen) atoms. The smallest absolute Gasteiger partial charge is 0.278 e. The molecule has 0 amide bonds. The molecule has 0 atom stereocenters. The van der Waals surface area contributed by atoms with Crippen molar-refractivity contribution < 1.29 is 0 Å². The lowest BCUT2D eigenvalue weighted by atomic mass is 10.2. The Morgan fingerprint density at radius 3 is 2.35 bits per heavy atom. The number of hydrogen-bond acceptors (Lipinski definition) is 2. The minimum atomic E-state index is -0.172. The molecule has 3 nitrogen and oxygen atoms in total. The van der Waals surface area contributed by atoms with E-state index in [0.29, 0.717) is 0 Å². The van der Waals surface area contributed by atoms with Gasteiger partial charge in [0.15, 0.2) is 0 Å². The fraction of sp³-hybridized carbons (Fsp3) is 0.154. The maximum absolute atomic E-state index is 12.2. The van der Waals surface area contributed by atoms with E-state index in [1.54, 1.807) is 4.57 Å². The Kier molecular flexibility index (Phi) is 3.07. The van der Waals surface area contributed by atoms with Gasteiger partial charge in [-0.15, -0.1) is 0 Å². The molecular weight excluding hydrogens is 280 g/mol. The monoisotopic (exact) mass is 292 g/mol. The van der Waals surface area contributed by atoms with Gasteiger partial charge in [-0.05, 0) is 47.5 Å². The van der Waals surface area contributed by atoms with Gasteiger partial charge in [-0.2, -0.15) is 0 Å². The molecule has 0 unspecified atom stereocenters. The lowest BCUT2D eigenvalue weighted by Crippen LogP contribution is -2.25. The Labute approximate surface area is 108 Å². The lowest BCUT2D eigenvalue weighted by molar-refractivity contribution is 0.922. The Balaban J connectivity index is 2.85. The van der Waals surface area contributed by atoms with Crippen molar-refractivity contribution in [3.8, 4) is 5.69 Å². The van der Waals surface area contributed by atoms with Crippen molar-refractivity contribution in [1.82, 2.24) is 4.57 Å². The molecular formula is C13H13BrN2O. The number of aromatic nitrogens is 1. The van der Waals surface area contributed by atoms with E-state index in [-0.39, 0.29) is 11.2 Å². The van der Waals surface area contributed by atoms with Crippen LogP contribution in [0.5, 0.6) is 0 Å². The quantitative estimate of drug-likeness (QED) is 0.879. The molecule has 0 aliphatic carbocycles. The predicted molar refractivity (Wildman–Crippen MR) is 73.6 cm³/mol. The number of nitrogen functional groups attached to an aromatic ring is 1. The molecule has 0 saturated heterocycles. The van der Waals surface area contributed by atoms with E-state index in [1.165, 1.54) is 0 Å². The van der Waals surface area contributed by atoms with Crippen molar-refractivity contribution in [3.05, 3.63) is 56.4 Å². The van der Waals surface area contributed by atoms with Crippen LogP contribution in [0.4, 0.5) is 5.69 Å². The van der Waals surface area contributed by atoms with Crippen LogP contribution in [0.3, 0.4) is 0 Å². The van der Waals surface area contributed by atoms with Gasteiger partial charge in [-0.25, -0.2) is 0 Å². The van der Waals surface area contributed by atoms with Crippen molar-refractivity contribution in [3.63, 3.8) is 0 Å². The van der Waals surface area contributed by atoms with E-state index >= 15 is 0 Å². The summed E-state index contributed by atoms with van der Waals surface area (Å²) < 4.78 is 2.49. The van der Waals surface area contributed by atoms with Crippen molar-refractivity contribution in [1.29, 1.82) is 0 Å². The maximum Gasteiger partial charge on any atom is 0.278 e. The second kappa shape index (κ2) is 4.37. The van der Waals surface area contributed by atoms with Crippen LogP contribution in [-0.2, 0) is 0 Å². The molecule has 2 aromatic rings. The Morgan fingerprint density at radius 1 is 1.18 bits per heavy atom. The van der Waals surface area contributed by atoms with Crippen molar-refractivity contribution >= 4 is 21.6 Å². The standard InChI is InChI=1S/C13H13BrN2O/c1-8-11(14)9(2)16(13(17)12(8)15)10-6-4-3-5-7-10/h3-7H,15H2,1-2H3. The molecule has 1 aromatic heterocycles. The zero-order valence-electron chi connectivity index (χ0n) is 9.70. The number of anilines is 1. The Bertz CT molecular complexity index is 618. The van der Waals surface area contributed by atoms with Crippen LogP contribution in [0.15, 0.2) is 39.6 Å². The first-order valence-electron chi connectivity index (χ1n) is 5.26. The fourth-order valence-corrected chi connectivity index (χ4v) is 2.20. The number of nitrogens with two attached hydrogens (primary N) is 1. The van der Waals surface area contributed by atoms with Gasteiger partial charge in [0.25, 0.3) is 5.56 Å². The molecule has 0 saturated carbocycles. The third-order valence-electron chi connectivity index (χ3n) is 2.83. The summed E-state index contributed by atoms with van der Waals surface area (Å²) in [6.45, 7) is 3.73. The summed E-state index contributed by atoms with van der Waals surface area (Å²) in [5.41, 5.74) is 8.41. The predicted octanol–water partition coefficient (Wildman–Crippen LogP) is 2.80. The molecule has 0 fully saturated rings. The van der Waals surface area contributed by atoms with Crippen molar-refractivity contribution in [2.24, 2.45) is 0 Å². The van der Waals surface area contributed by atoms with Crippen LogP contribution in [0.25, 0.3) is 5.69 Å². The van der Waals surface area contributed by atoms with E-state index in [1.807, 2.05) is 44.2 Å². The SMILES string of the molecule is Cc1c(Br)c(C)n(-c2ccccc2)c(=O)c1N. The summed E-state index contributed by atoms with van der Waals surface area (Å²) in [5.74, 6) is 0. The van der Waals surface area contributed by atoms with Gasteiger partial charge < -0.3 is 5.73 Å². The highest BCUT2D eigenvalue weighted by atomic mass is 79.9.